The van der Waals surface area contributed by atoms with Gasteiger partial charge in [-0.05, 0) is 56.8 Å². The van der Waals surface area contributed by atoms with Gasteiger partial charge in [0, 0.05) is 25.0 Å². The van der Waals surface area contributed by atoms with Crippen LogP contribution in [0, 0.1) is 0 Å². The lowest BCUT2D eigenvalue weighted by Crippen LogP contribution is -2.17. The van der Waals surface area contributed by atoms with E-state index in [9.17, 15) is 0 Å². The van der Waals surface area contributed by atoms with E-state index in [2.05, 4.69) is 33.5 Å². The summed E-state index contributed by atoms with van der Waals surface area (Å²) in [7, 11) is 2.03. The van der Waals surface area contributed by atoms with Crippen LogP contribution in [0.25, 0.3) is 11.0 Å². The second-order valence-corrected chi connectivity index (χ2v) is 5.71. The van der Waals surface area contributed by atoms with E-state index >= 15 is 0 Å². The monoisotopic (exact) mass is 285 g/mol. The molecule has 0 aliphatic carbocycles. The van der Waals surface area contributed by atoms with Crippen molar-refractivity contribution in [2.75, 3.05) is 13.7 Å². The van der Waals surface area contributed by atoms with Gasteiger partial charge in [0.2, 0.25) is 0 Å². The van der Waals surface area contributed by atoms with Gasteiger partial charge in [-0.1, -0.05) is 6.07 Å². The topological polar surface area (TPSA) is 47.0 Å². The quantitative estimate of drug-likeness (QED) is 0.885. The molecule has 1 aromatic carbocycles. The second-order valence-electron chi connectivity index (χ2n) is 5.71. The van der Waals surface area contributed by atoms with Gasteiger partial charge in [-0.2, -0.15) is 0 Å². The van der Waals surface area contributed by atoms with Gasteiger partial charge < -0.3 is 10.1 Å². The molecule has 1 fully saturated rings. The normalized spacial score (nSPS) is 20.0. The fourth-order valence-corrected chi connectivity index (χ4v) is 3.10. The first-order valence-electron chi connectivity index (χ1n) is 7.86. The minimum absolute atomic E-state index is 0.373. The molecule has 4 nitrogen and oxygen atoms in total. The molecule has 1 aromatic heterocycles. The number of aromatic nitrogens is 2. The van der Waals surface area contributed by atoms with Crippen molar-refractivity contribution in [1.29, 1.82) is 0 Å². The van der Waals surface area contributed by atoms with E-state index in [0.717, 1.165) is 24.1 Å². The molecule has 2 atom stereocenters. The molecule has 2 unspecified atom stereocenters. The number of fused-ring (bicyclic) bond motifs is 1. The number of ether oxygens (including phenoxy) is 1. The summed E-state index contributed by atoms with van der Waals surface area (Å²) in [5, 5.41) is 3.42. The van der Waals surface area contributed by atoms with Gasteiger partial charge in [0.1, 0.15) is 0 Å². The number of hydrogen-bond acceptors (Lipinski definition) is 4. The Labute approximate surface area is 125 Å². The summed E-state index contributed by atoms with van der Waals surface area (Å²) in [4.78, 5) is 8.71. The summed E-state index contributed by atoms with van der Waals surface area (Å²) in [5.41, 5.74) is 3.21. The lowest BCUT2D eigenvalue weighted by Gasteiger charge is -2.18. The molecule has 0 radical (unpaired) electrons. The number of hydrogen-bond donors (Lipinski definition) is 1. The third-order valence-corrected chi connectivity index (χ3v) is 4.29. The van der Waals surface area contributed by atoms with Crippen LogP contribution in [0.2, 0.25) is 0 Å². The van der Waals surface area contributed by atoms with E-state index in [4.69, 9.17) is 4.74 Å². The summed E-state index contributed by atoms with van der Waals surface area (Å²) in [5.74, 6) is 0. The van der Waals surface area contributed by atoms with Crippen LogP contribution in [0.3, 0.4) is 0 Å². The Morgan fingerprint density at radius 2 is 2.14 bits per heavy atom. The molecule has 1 aliphatic heterocycles. The molecule has 21 heavy (non-hydrogen) atoms. The SMILES string of the molecule is CNC(CCCC1CCCO1)c1ccc2nccnc2c1. The van der Waals surface area contributed by atoms with Gasteiger partial charge in [-0.25, -0.2) is 0 Å². The smallest absolute Gasteiger partial charge is 0.0890 e. The van der Waals surface area contributed by atoms with Crippen LogP contribution in [0.15, 0.2) is 30.6 Å². The average molecular weight is 285 g/mol. The first kappa shape index (κ1) is 14.4. The van der Waals surface area contributed by atoms with Crippen molar-refractivity contribution in [1.82, 2.24) is 15.3 Å². The number of rotatable bonds is 6. The first-order valence-corrected chi connectivity index (χ1v) is 7.86. The molecular formula is C17H23N3O. The van der Waals surface area contributed by atoms with Gasteiger partial charge in [0.15, 0.2) is 0 Å². The van der Waals surface area contributed by atoms with Crippen molar-refractivity contribution < 1.29 is 4.74 Å². The Hall–Kier alpha value is -1.52. The predicted octanol–water partition coefficient (Wildman–Crippen LogP) is 3.24. The van der Waals surface area contributed by atoms with E-state index < -0.39 is 0 Å². The van der Waals surface area contributed by atoms with Crippen LogP contribution in [0.1, 0.15) is 43.7 Å². The van der Waals surface area contributed by atoms with Gasteiger partial charge in [-0.15, -0.1) is 0 Å². The molecule has 0 amide bonds. The highest BCUT2D eigenvalue weighted by Crippen LogP contribution is 2.24. The van der Waals surface area contributed by atoms with E-state index in [-0.39, 0.29) is 0 Å². The van der Waals surface area contributed by atoms with Crippen LogP contribution >= 0.6 is 0 Å². The standard InChI is InChI=1S/C17H23N3O/c1-18-15(6-2-4-14-5-3-11-21-14)13-7-8-16-17(12-13)20-10-9-19-16/h7-10,12,14-15,18H,2-6,11H2,1H3. The summed E-state index contributed by atoms with van der Waals surface area (Å²) in [6, 6.07) is 6.74. The highest BCUT2D eigenvalue weighted by Gasteiger charge is 2.16. The Kier molecular flexibility index (Phi) is 4.78. The molecule has 2 aromatic rings. The maximum absolute atomic E-state index is 5.69. The van der Waals surface area contributed by atoms with Gasteiger partial charge >= 0.3 is 0 Å². The Balaban J connectivity index is 1.63. The zero-order chi connectivity index (χ0) is 14.5. The third kappa shape index (κ3) is 3.57. The number of nitrogens with zero attached hydrogens (tertiary/aromatic N) is 2. The number of benzene rings is 1. The molecule has 0 saturated carbocycles. The Morgan fingerprint density at radius 1 is 1.29 bits per heavy atom. The van der Waals surface area contributed by atoms with Crippen molar-refractivity contribution >= 4 is 11.0 Å². The molecule has 0 spiro atoms. The molecule has 1 aliphatic rings. The molecule has 3 rings (SSSR count). The maximum Gasteiger partial charge on any atom is 0.0890 e. The number of nitrogens with one attached hydrogen (secondary N) is 1. The van der Waals surface area contributed by atoms with Crippen LogP contribution in [0.5, 0.6) is 0 Å². The summed E-state index contributed by atoms with van der Waals surface area (Å²) in [6.07, 6.45) is 9.92. The van der Waals surface area contributed by atoms with Crippen LogP contribution in [0.4, 0.5) is 0 Å². The average Bonchev–Trinajstić information content (AvgIpc) is 3.04. The van der Waals surface area contributed by atoms with E-state index in [1.54, 1.807) is 12.4 Å². The zero-order valence-corrected chi connectivity index (χ0v) is 12.6. The summed E-state index contributed by atoms with van der Waals surface area (Å²) >= 11 is 0. The summed E-state index contributed by atoms with van der Waals surface area (Å²) < 4.78 is 5.69. The first-order chi connectivity index (χ1) is 10.4. The van der Waals surface area contributed by atoms with Crippen molar-refractivity contribution in [2.45, 2.75) is 44.2 Å². The van der Waals surface area contributed by atoms with Crippen molar-refractivity contribution in [3.05, 3.63) is 36.2 Å². The summed E-state index contributed by atoms with van der Waals surface area (Å²) in [6.45, 7) is 0.948. The van der Waals surface area contributed by atoms with Crippen molar-refractivity contribution in [3.63, 3.8) is 0 Å². The van der Waals surface area contributed by atoms with Crippen LogP contribution < -0.4 is 5.32 Å². The molecule has 1 N–H and O–H groups in total. The molecule has 1 saturated heterocycles. The molecule has 112 valence electrons. The molecule has 2 heterocycles. The van der Waals surface area contributed by atoms with E-state index in [0.29, 0.717) is 12.1 Å². The predicted molar refractivity (Wildman–Crippen MR) is 84.2 cm³/mol. The Morgan fingerprint density at radius 3 is 2.90 bits per heavy atom. The highest BCUT2D eigenvalue weighted by molar-refractivity contribution is 5.74. The highest BCUT2D eigenvalue weighted by atomic mass is 16.5. The zero-order valence-electron chi connectivity index (χ0n) is 12.6. The third-order valence-electron chi connectivity index (χ3n) is 4.29. The van der Waals surface area contributed by atoms with Gasteiger partial charge in [0.05, 0.1) is 17.1 Å². The Bertz CT molecular complexity index is 581. The van der Waals surface area contributed by atoms with Gasteiger partial charge in [-0.3, -0.25) is 9.97 Å². The molecular weight excluding hydrogens is 262 g/mol. The maximum atomic E-state index is 5.69. The minimum atomic E-state index is 0.373. The van der Waals surface area contributed by atoms with E-state index in [1.807, 2.05) is 7.05 Å². The fourth-order valence-electron chi connectivity index (χ4n) is 3.10. The second kappa shape index (κ2) is 6.96. The minimum Gasteiger partial charge on any atom is -0.378 e. The molecule has 4 heteroatoms. The largest absolute Gasteiger partial charge is 0.378 e. The van der Waals surface area contributed by atoms with E-state index in [1.165, 1.54) is 31.2 Å². The van der Waals surface area contributed by atoms with Crippen molar-refractivity contribution in [2.24, 2.45) is 0 Å². The molecule has 0 bridgehead atoms. The van der Waals surface area contributed by atoms with Crippen molar-refractivity contribution in [3.8, 4) is 0 Å². The van der Waals surface area contributed by atoms with Crippen LogP contribution in [-0.2, 0) is 4.74 Å². The van der Waals surface area contributed by atoms with Gasteiger partial charge in [0.25, 0.3) is 0 Å². The lowest BCUT2D eigenvalue weighted by molar-refractivity contribution is 0.101. The lowest BCUT2D eigenvalue weighted by atomic mass is 9.99. The van der Waals surface area contributed by atoms with Crippen LogP contribution in [-0.4, -0.2) is 29.7 Å². The fraction of sp³-hybridized carbons (Fsp3) is 0.529.